The van der Waals surface area contributed by atoms with E-state index in [1.54, 1.807) is 0 Å². The number of carbonyl (C=O) groups excluding carboxylic acids is 1. The summed E-state index contributed by atoms with van der Waals surface area (Å²) >= 11 is 1.06. The number of hydrogen-bond donors (Lipinski definition) is 0. The maximum Gasteiger partial charge on any atom is 0.357 e. The summed E-state index contributed by atoms with van der Waals surface area (Å²) in [6.07, 6.45) is 1.06. The molecule has 0 spiro atoms. The van der Waals surface area contributed by atoms with Crippen molar-refractivity contribution in [2.24, 2.45) is 0 Å². The molecule has 0 amide bonds. The van der Waals surface area contributed by atoms with Crippen molar-refractivity contribution in [1.82, 2.24) is 4.98 Å². The first kappa shape index (κ1) is 11.9. The van der Waals surface area contributed by atoms with Gasteiger partial charge in [-0.1, -0.05) is 0 Å². The third kappa shape index (κ3) is 2.66. The molecule has 84 valence electrons. The third-order valence-corrected chi connectivity index (χ3v) is 3.85. The van der Waals surface area contributed by atoms with E-state index in [-0.39, 0.29) is 10.8 Å². The Morgan fingerprint density at radius 2 is 2.20 bits per heavy atom. The van der Waals surface area contributed by atoms with Gasteiger partial charge in [-0.15, -0.1) is 11.3 Å². The number of carbonyl (C=O) groups is 1. The molecule has 0 N–H and O–H groups in total. The Hall–Kier alpha value is -1.15. The molecule has 0 radical (unpaired) electrons. The highest BCUT2D eigenvalue weighted by molar-refractivity contribution is 7.92. The Kier molecular flexibility index (Phi) is 3.30. The minimum Gasteiger partial charge on any atom is -0.464 e. The van der Waals surface area contributed by atoms with Crippen LogP contribution < -0.4 is 4.31 Å². The first-order chi connectivity index (χ1) is 6.86. The van der Waals surface area contributed by atoms with Gasteiger partial charge in [0, 0.05) is 12.4 Å². The Bertz CT molecular complexity index is 465. The number of aromatic nitrogens is 1. The molecule has 0 fully saturated rings. The van der Waals surface area contributed by atoms with E-state index in [1.807, 2.05) is 0 Å². The number of rotatable bonds is 3. The van der Waals surface area contributed by atoms with Crippen LogP contribution >= 0.6 is 11.3 Å². The normalized spacial score (nSPS) is 11.1. The van der Waals surface area contributed by atoms with Gasteiger partial charge in [-0.2, -0.15) is 0 Å². The molecule has 0 saturated carbocycles. The lowest BCUT2D eigenvalue weighted by atomic mass is 10.5. The summed E-state index contributed by atoms with van der Waals surface area (Å²) in [7, 11) is -0.738. The highest BCUT2D eigenvalue weighted by Gasteiger charge is 2.18. The van der Waals surface area contributed by atoms with Gasteiger partial charge >= 0.3 is 5.97 Å². The zero-order chi connectivity index (χ0) is 11.6. The van der Waals surface area contributed by atoms with Crippen molar-refractivity contribution in [3.05, 3.63) is 11.1 Å². The standard InChI is InChI=1S/C7H10N2O4S2/c1-9(15(3,11)12)7-8-5(4-14-7)6(10)13-2/h4H,1-3H3. The second-order valence-electron chi connectivity index (χ2n) is 2.74. The summed E-state index contributed by atoms with van der Waals surface area (Å²) in [6.45, 7) is 0. The van der Waals surface area contributed by atoms with E-state index >= 15 is 0 Å². The van der Waals surface area contributed by atoms with Gasteiger partial charge in [0.1, 0.15) is 0 Å². The van der Waals surface area contributed by atoms with Crippen molar-refractivity contribution in [1.29, 1.82) is 0 Å². The number of ether oxygens (including phenoxy) is 1. The number of methoxy groups -OCH3 is 1. The first-order valence-corrected chi connectivity index (χ1v) is 6.57. The van der Waals surface area contributed by atoms with Crippen LogP contribution in [-0.4, -0.2) is 39.8 Å². The zero-order valence-electron chi connectivity index (χ0n) is 8.42. The average Bonchev–Trinajstić information content (AvgIpc) is 2.62. The van der Waals surface area contributed by atoms with Crippen molar-refractivity contribution < 1.29 is 17.9 Å². The molecule has 8 heteroatoms. The Labute approximate surface area is 91.5 Å². The lowest BCUT2D eigenvalue weighted by molar-refractivity contribution is 0.0595. The van der Waals surface area contributed by atoms with Gasteiger partial charge < -0.3 is 4.74 Å². The summed E-state index contributed by atoms with van der Waals surface area (Å²) in [4.78, 5) is 14.9. The van der Waals surface area contributed by atoms with Crippen molar-refractivity contribution in [3.63, 3.8) is 0 Å². The van der Waals surface area contributed by atoms with Crippen molar-refractivity contribution in [2.75, 3.05) is 24.7 Å². The molecular formula is C7H10N2O4S2. The largest absolute Gasteiger partial charge is 0.464 e. The molecule has 0 aromatic carbocycles. The van der Waals surface area contributed by atoms with Crippen LogP contribution in [0.2, 0.25) is 0 Å². The lowest BCUT2D eigenvalue weighted by Gasteiger charge is -2.11. The van der Waals surface area contributed by atoms with Gasteiger partial charge in [-0.25, -0.2) is 22.5 Å². The molecule has 15 heavy (non-hydrogen) atoms. The quantitative estimate of drug-likeness (QED) is 0.722. The highest BCUT2D eigenvalue weighted by atomic mass is 32.2. The Morgan fingerprint density at radius 3 is 2.67 bits per heavy atom. The van der Waals surface area contributed by atoms with E-state index in [9.17, 15) is 13.2 Å². The first-order valence-electron chi connectivity index (χ1n) is 3.84. The fourth-order valence-electron chi connectivity index (χ4n) is 0.749. The topological polar surface area (TPSA) is 76.6 Å². The van der Waals surface area contributed by atoms with Gasteiger partial charge in [-0.3, -0.25) is 0 Å². The molecular weight excluding hydrogens is 240 g/mol. The van der Waals surface area contributed by atoms with Gasteiger partial charge in [-0.05, 0) is 0 Å². The second kappa shape index (κ2) is 4.15. The van der Waals surface area contributed by atoms with Gasteiger partial charge in [0.2, 0.25) is 10.0 Å². The maximum absolute atomic E-state index is 11.2. The monoisotopic (exact) mass is 250 g/mol. The highest BCUT2D eigenvalue weighted by Crippen LogP contribution is 2.21. The van der Waals surface area contributed by atoms with Crippen LogP contribution in [0.25, 0.3) is 0 Å². The average molecular weight is 250 g/mol. The van der Waals surface area contributed by atoms with Crippen LogP contribution in [0, 0.1) is 0 Å². The van der Waals surface area contributed by atoms with E-state index in [2.05, 4.69) is 9.72 Å². The molecule has 6 nitrogen and oxygen atoms in total. The number of anilines is 1. The molecule has 0 atom stereocenters. The minimum atomic E-state index is -3.35. The fourth-order valence-corrected chi connectivity index (χ4v) is 2.27. The Morgan fingerprint density at radius 1 is 1.60 bits per heavy atom. The molecule has 0 aliphatic heterocycles. The molecule has 0 aliphatic carbocycles. The second-order valence-corrected chi connectivity index (χ2v) is 5.59. The number of esters is 1. The van der Waals surface area contributed by atoms with E-state index in [0.717, 1.165) is 21.9 Å². The summed E-state index contributed by atoms with van der Waals surface area (Å²) in [5, 5.41) is 1.68. The molecule has 0 bridgehead atoms. The predicted molar refractivity (Wildman–Crippen MR) is 56.7 cm³/mol. The summed E-state index contributed by atoms with van der Waals surface area (Å²) < 4.78 is 27.8. The van der Waals surface area contributed by atoms with E-state index in [0.29, 0.717) is 0 Å². The molecule has 1 heterocycles. The van der Waals surface area contributed by atoms with Crippen LogP contribution in [0.4, 0.5) is 5.13 Å². The number of sulfonamides is 1. The minimum absolute atomic E-state index is 0.105. The molecule has 1 rings (SSSR count). The van der Waals surface area contributed by atoms with Crippen molar-refractivity contribution in [2.45, 2.75) is 0 Å². The summed E-state index contributed by atoms with van der Waals surface area (Å²) in [6, 6.07) is 0. The summed E-state index contributed by atoms with van der Waals surface area (Å²) in [5.74, 6) is -0.584. The van der Waals surface area contributed by atoms with Crippen molar-refractivity contribution in [3.8, 4) is 0 Å². The molecule has 1 aromatic rings. The van der Waals surface area contributed by atoms with Crippen molar-refractivity contribution >= 4 is 32.5 Å². The van der Waals surface area contributed by atoms with Gasteiger partial charge in [0.05, 0.1) is 13.4 Å². The number of hydrogen-bond acceptors (Lipinski definition) is 6. The van der Waals surface area contributed by atoms with E-state index < -0.39 is 16.0 Å². The molecule has 0 unspecified atom stereocenters. The predicted octanol–water partition coefficient (Wildman–Crippen LogP) is 0.326. The van der Waals surface area contributed by atoms with E-state index in [4.69, 9.17) is 0 Å². The fraction of sp³-hybridized carbons (Fsp3) is 0.429. The molecule has 0 saturated heterocycles. The number of nitrogens with zero attached hydrogens (tertiary/aromatic N) is 2. The SMILES string of the molecule is COC(=O)c1csc(N(C)S(C)(=O)=O)n1. The smallest absolute Gasteiger partial charge is 0.357 e. The van der Waals surface area contributed by atoms with Crippen LogP contribution in [0.1, 0.15) is 10.5 Å². The van der Waals surface area contributed by atoms with Crippen LogP contribution in [-0.2, 0) is 14.8 Å². The number of thiazole rings is 1. The van der Waals surface area contributed by atoms with Gasteiger partial charge in [0.25, 0.3) is 0 Å². The van der Waals surface area contributed by atoms with Gasteiger partial charge in [0.15, 0.2) is 10.8 Å². The molecule has 1 aromatic heterocycles. The molecule has 0 aliphatic rings. The van der Waals surface area contributed by atoms with Crippen LogP contribution in [0.15, 0.2) is 5.38 Å². The van der Waals surface area contributed by atoms with Crippen LogP contribution in [0.3, 0.4) is 0 Å². The Balaban J connectivity index is 3.00. The third-order valence-electron chi connectivity index (χ3n) is 1.65. The summed E-state index contributed by atoms with van der Waals surface area (Å²) in [5.41, 5.74) is 0.105. The lowest BCUT2D eigenvalue weighted by Crippen LogP contribution is -2.24. The maximum atomic E-state index is 11.2. The zero-order valence-corrected chi connectivity index (χ0v) is 10.1. The van der Waals surface area contributed by atoms with E-state index in [1.165, 1.54) is 19.5 Å². The van der Waals surface area contributed by atoms with Crippen LogP contribution in [0.5, 0.6) is 0 Å².